The highest BCUT2D eigenvalue weighted by molar-refractivity contribution is 6.39. The van der Waals surface area contributed by atoms with E-state index in [9.17, 15) is 24.0 Å². The van der Waals surface area contributed by atoms with Crippen LogP contribution in [0.1, 0.15) is 97.5 Å². The molecule has 2 saturated heterocycles. The molecule has 2 aliphatic carbocycles. The van der Waals surface area contributed by atoms with Crippen LogP contribution in [0.5, 0.6) is 0 Å². The maximum Gasteiger partial charge on any atom is 0.246 e. The van der Waals surface area contributed by atoms with Gasteiger partial charge in [0.1, 0.15) is 12.1 Å². The van der Waals surface area contributed by atoms with Gasteiger partial charge in [0.05, 0.1) is 18.3 Å². The third-order valence-electron chi connectivity index (χ3n) is 11.0. The highest BCUT2D eigenvalue weighted by atomic mass is 35.5. The number of hydrogen-bond acceptors (Lipinski definition) is 8. The average molecular weight is 697 g/mol. The fourth-order valence-electron chi connectivity index (χ4n) is 7.76. The molecule has 1 aromatic carbocycles. The molecule has 3 amide bonds. The van der Waals surface area contributed by atoms with E-state index in [1.54, 1.807) is 12.1 Å². The number of oxime groups is 1. The number of nitrogens with one attached hydrogen (secondary N) is 2. The number of amides is 3. The summed E-state index contributed by atoms with van der Waals surface area (Å²) in [6.07, 6.45) is 5.83. The van der Waals surface area contributed by atoms with Gasteiger partial charge in [-0.15, -0.1) is 0 Å². The zero-order valence-corrected chi connectivity index (χ0v) is 29.8. The van der Waals surface area contributed by atoms with E-state index in [-0.39, 0.29) is 42.5 Å². The Morgan fingerprint density at radius 2 is 1.80 bits per heavy atom. The van der Waals surface area contributed by atoms with E-state index in [2.05, 4.69) is 15.8 Å². The molecule has 2 saturated carbocycles. The number of halogens is 1. The number of Topliss-reactive ketones (excluding diaryl/α,β-unsaturated/α-hetero) is 2. The summed E-state index contributed by atoms with van der Waals surface area (Å²) in [5, 5.41) is 10.9. The summed E-state index contributed by atoms with van der Waals surface area (Å²) in [6, 6.07) is 4.33. The van der Waals surface area contributed by atoms with Gasteiger partial charge in [-0.25, -0.2) is 0 Å². The van der Waals surface area contributed by atoms with Crippen LogP contribution in [0, 0.1) is 22.7 Å². The van der Waals surface area contributed by atoms with Gasteiger partial charge in [0.15, 0.2) is 5.60 Å². The fourth-order valence-corrected chi connectivity index (χ4v) is 7.95. The quantitative estimate of drug-likeness (QED) is 0.309. The zero-order chi connectivity index (χ0) is 35.1. The predicted molar refractivity (Wildman–Crippen MR) is 183 cm³/mol. The van der Waals surface area contributed by atoms with Crippen molar-refractivity contribution in [2.24, 2.45) is 27.8 Å². The summed E-state index contributed by atoms with van der Waals surface area (Å²) < 4.78 is 5.53. The van der Waals surface area contributed by atoms with E-state index < -0.39 is 52.5 Å². The van der Waals surface area contributed by atoms with E-state index in [1.807, 2.05) is 39.8 Å². The second kappa shape index (κ2) is 13.8. The van der Waals surface area contributed by atoms with Crippen molar-refractivity contribution in [2.75, 3.05) is 19.8 Å². The van der Waals surface area contributed by atoms with Crippen molar-refractivity contribution in [3.05, 3.63) is 34.9 Å². The van der Waals surface area contributed by atoms with Crippen LogP contribution in [0.15, 0.2) is 29.4 Å². The number of ether oxygens (including phenoxy) is 1. The van der Waals surface area contributed by atoms with Gasteiger partial charge < -0.3 is 25.1 Å². The van der Waals surface area contributed by atoms with Gasteiger partial charge in [-0.3, -0.25) is 24.0 Å². The molecule has 0 bridgehead atoms. The minimum atomic E-state index is -1.02. The number of likely N-dealkylation sites (tertiary alicyclic amines) is 1. The molecule has 3 heterocycles. The van der Waals surface area contributed by atoms with Crippen LogP contribution in [0.25, 0.3) is 0 Å². The molecule has 11 nitrogen and oxygen atoms in total. The van der Waals surface area contributed by atoms with E-state index >= 15 is 0 Å². The third kappa shape index (κ3) is 7.72. The minimum absolute atomic E-state index is 0.0532. The van der Waals surface area contributed by atoms with Crippen LogP contribution < -0.4 is 10.6 Å². The fraction of sp³-hybridized carbons (Fsp3) is 0.676. The number of benzene rings is 1. The molecule has 1 aromatic rings. The molecule has 0 aromatic heterocycles. The van der Waals surface area contributed by atoms with E-state index in [0.29, 0.717) is 43.2 Å². The van der Waals surface area contributed by atoms with Crippen molar-refractivity contribution in [1.82, 2.24) is 15.5 Å². The molecule has 2 spiro atoms. The molecule has 3 aliphatic heterocycles. The summed E-state index contributed by atoms with van der Waals surface area (Å²) in [5.74, 6) is -2.08. The maximum absolute atomic E-state index is 14.7. The van der Waals surface area contributed by atoms with Crippen LogP contribution in [0.4, 0.5) is 0 Å². The van der Waals surface area contributed by atoms with Crippen molar-refractivity contribution < 1.29 is 33.5 Å². The first-order valence-corrected chi connectivity index (χ1v) is 18.2. The summed E-state index contributed by atoms with van der Waals surface area (Å²) in [7, 11) is 0. The zero-order valence-electron chi connectivity index (χ0n) is 29.0. The van der Waals surface area contributed by atoms with E-state index in [0.717, 1.165) is 37.7 Å². The van der Waals surface area contributed by atoms with Crippen LogP contribution in [-0.2, 0) is 33.5 Å². The van der Waals surface area contributed by atoms with Crippen molar-refractivity contribution in [3.63, 3.8) is 0 Å². The van der Waals surface area contributed by atoms with Crippen LogP contribution in [0.3, 0.4) is 0 Å². The Kier molecular flexibility index (Phi) is 9.98. The molecule has 266 valence electrons. The van der Waals surface area contributed by atoms with E-state index in [4.69, 9.17) is 21.2 Å². The Hall–Kier alpha value is -3.31. The SMILES string of the molecule is CCC[C@H](NC(=O)[C@@H]1C[C@]2(CC(c3cccc(Cl)c3)=NO2)CN1C(=O)[C@@H](NC(=O)[C@H]1CC12CCOCC2)C(C)(C)C)C(=O)C(=O)CC1CC1. The van der Waals surface area contributed by atoms with Crippen molar-refractivity contribution in [1.29, 1.82) is 0 Å². The van der Waals surface area contributed by atoms with Crippen molar-refractivity contribution in [2.45, 2.75) is 116 Å². The molecule has 6 rings (SSSR count). The van der Waals surface area contributed by atoms with Crippen LogP contribution in [-0.4, -0.2) is 83.4 Å². The maximum atomic E-state index is 14.7. The van der Waals surface area contributed by atoms with Gasteiger partial charge in [0.2, 0.25) is 29.3 Å². The molecule has 0 radical (unpaired) electrons. The molecule has 5 aliphatic rings. The van der Waals surface area contributed by atoms with Crippen LogP contribution in [0.2, 0.25) is 5.02 Å². The Morgan fingerprint density at radius 1 is 1.06 bits per heavy atom. The summed E-state index contributed by atoms with van der Waals surface area (Å²) in [4.78, 5) is 76.1. The Labute approximate surface area is 293 Å². The first-order chi connectivity index (χ1) is 23.2. The van der Waals surface area contributed by atoms with Crippen LogP contribution >= 0.6 is 11.6 Å². The number of carbonyl (C=O) groups is 5. The van der Waals surface area contributed by atoms with Gasteiger partial charge in [-0.1, -0.05) is 63.0 Å². The Morgan fingerprint density at radius 3 is 2.45 bits per heavy atom. The molecule has 4 fully saturated rings. The molecular formula is C37H49ClN4O7. The molecule has 5 atom stereocenters. The number of carbonyl (C=O) groups excluding carboxylic acids is 5. The lowest BCUT2D eigenvalue weighted by molar-refractivity contribution is -0.145. The topological polar surface area (TPSA) is 143 Å². The monoisotopic (exact) mass is 696 g/mol. The summed E-state index contributed by atoms with van der Waals surface area (Å²) in [5.41, 5.74) is -0.328. The lowest BCUT2D eigenvalue weighted by Crippen LogP contribution is -2.59. The van der Waals surface area contributed by atoms with Gasteiger partial charge in [-0.05, 0) is 67.4 Å². The number of rotatable bonds is 12. The number of ketones is 2. The highest BCUT2D eigenvalue weighted by Gasteiger charge is 2.60. The molecule has 2 N–H and O–H groups in total. The third-order valence-corrected chi connectivity index (χ3v) is 11.3. The highest BCUT2D eigenvalue weighted by Crippen LogP contribution is 2.59. The van der Waals surface area contributed by atoms with Crippen molar-refractivity contribution >= 4 is 46.6 Å². The lowest BCUT2D eigenvalue weighted by Gasteiger charge is -2.36. The molecular weight excluding hydrogens is 648 g/mol. The minimum Gasteiger partial charge on any atom is -0.387 e. The van der Waals surface area contributed by atoms with Gasteiger partial charge in [0.25, 0.3) is 0 Å². The second-order valence-corrected chi connectivity index (χ2v) is 16.4. The van der Waals surface area contributed by atoms with E-state index in [1.165, 1.54) is 4.90 Å². The van der Waals surface area contributed by atoms with Gasteiger partial charge in [-0.2, -0.15) is 0 Å². The second-order valence-electron chi connectivity index (χ2n) is 16.0. The first kappa shape index (κ1) is 35.5. The molecule has 0 unspecified atom stereocenters. The average Bonchev–Trinajstić information content (AvgIpc) is 3.93. The lowest BCUT2D eigenvalue weighted by atomic mass is 9.85. The number of hydrogen-bond donors (Lipinski definition) is 2. The Balaban J connectivity index is 1.24. The normalized spacial score (nSPS) is 26.9. The first-order valence-electron chi connectivity index (χ1n) is 17.8. The molecule has 49 heavy (non-hydrogen) atoms. The van der Waals surface area contributed by atoms with Gasteiger partial charge in [0, 0.05) is 49.0 Å². The van der Waals surface area contributed by atoms with Crippen molar-refractivity contribution in [3.8, 4) is 0 Å². The molecule has 12 heteroatoms. The largest absolute Gasteiger partial charge is 0.387 e. The number of nitrogens with zero attached hydrogens (tertiary/aromatic N) is 2. The summed E-state index contributed by atoms with van der Waals surface area (Å²) in [6.45, 7) is 8.87. The predicted octanol–water partition coefficient (Wildman–Crippen LogP) is 4.37. The Bertz CT molecular complexity index is 1530. The summed E-state index contributed by atoms with van der Waals surface area (Å²) >= 11 is 6.26. The van der Waals surface area contributed by atoms with Gasteiger partial charge >= 0.3 is 0 Å². The standard InChI is InChI=1S/C37H49ClN4O7/c1-5-7-26(30(44)29(43)16-22-10-11-22)39-33(46)28-20-37(19-27(41-49-37)23-8-6-9-24(38)17-23)21-42(28)34(47)31(35(2,3)4)40-32(45)25-18-36(25)12-14-48-15-13-36/h6,8-9,17,22,25-26,28,31H,5,7,10-16,18-21H2,1-4H3,(H,39,46)(H,40,45)/t25-,26+,28+,31-,37-/m1/s1. The smallest absolute Gasteiger partial charge is 0.246 e.